The van der Waals surface area contributed by atoms with Crippen molar-refractivity contribution in [3.63, 3.8) is 0 Å². The second-order valence-electron chi connectivity index (χ2n) is 2.60. The fourth-order valence-electron chi connectivity index (χ4n) is 0.687. The molecule has 0 saturated carbocycles. The molecule has 0 spiro atoms. The molecule has 0 nitrogen and oxygen atoms in total. The first-order valence-electron chi connectivity index (χ1n) is 4.00. The van der Waals surface area contributed by atoms with Gasteiger partial charge >= 0.3 is 0 Å². The van der Waals surface area contributed by atoms with E-state index in [-0.39, 0.29) is 11.1 Å². The minimum atomic E-state index is -1.21. The van der Waals surface area contributed by atoms with Crippen molar-refractivity contribution in [1.82, 2.24) is 0 Å². The van der Waals surface area contributed by atoms with Gasteiger partial charge in [0.15, 0.2) is 11.7 Å². The van der Waals surface area contributed by atoms with Crippen LogP contribution in [0.2, 0.25) is 0 Å². The molecule has 0 heterocycles. The molecule has 80 valence electrons. The highest BCUT2D eigenvalue weighted by Gasteiger charge is 2.09. The summed E-state index contributed by atoms with van der Waals surface area (Å²) in [4.78, 5) is 0. The van der Waals surface area contributed by atoms with Gasteiger partial charge in [-0.2, -0.15) is 0 Å². The molecule has 0 aromatic heterocycles. The van der Waals surface area contributed by atoms with Crippen molar-refractivity contribution < 1.29 is 13.2 Å². The Morgan fingerprint density at radius 2 is 1.47 bits per heavy atom. The number of hydrogen-bond donors (Lipinski definition) is 0. The number of allylic oxidation sites excluding steroid dienone is 8. The lowest BCUT2D eigenvalue weighted by molar-refractivity contribution is 0.567. The maximum Gasteiger partial charge on any atom is 0.165 e. The molecule has 0 aromatic rings. The van der Waals surface area contributed by atoms with Gasteiger partial charge in [-0.15, -0.1) is 0 Å². The summed E-state index contributed by atoms with van der Waals surface area (Å²) >= 11 is 0. The minimum absolute atomic E-state index is 0.0677. The molecule has 3 heteroatoms. The molecule has 0 fully saturated rings. The molecule has 0 saturated heterocycles. The van der Waals surface area contributed by atoms with E-state index >= 15 is 0 Å². The molecule has 0 radical (unpaired) electrons. The van der Waals surface area contributed by atoms with Crippen molar-refractivity contribution in [2.75, 3.05) is 0 Å². The van der Waals surface area contributed by atoms with Gasteiger partial charge in [0, 0.05) is 5.57 Å². The normalized spacial score (nSPS) is 12.9. The van der Waals surface area contributed by atoms with Gasteiger partial charge in [0.2, 0.25) is 0 Å². The van der Waals surface area contributed by atoms with Crippen molar-refractivity contribution in [1.29, 1.82) is 0 Å². The predicted octanol–water partition coefficient (Wildman–Crippen LogP) is 4.47. The van der Waals surface area contributed by atoms with Crippen molar-refractivity contribution >= 4 is 0 Å². The van der Waals surface area contributed by atoms with Crippen LogP contribution in [0.25, 0.3) is 0 Å². The summed E-state index contributed by atoms with van der Waals surface area (Å²) in [5, 5.41) is 0. The summed E-state index contributed by atoms with van der Waals surface area (Å²) < 4.78 is 38.5. The maximum absolute atomic E-state index is 13.1. The standard InChI is InChI=1S/C12H11F3/c1-5-10(13)7-8(3)9(4)12(15)11(14)6-2/h5-7H,1-4H2/b10-7+,12-11-. The molecule has 0 aliphatic rings. The highest BCUT2D eigenvalue weighted by atomic mass is 19.2. The molecule has 0 aliphatic heterocycles. The van der Waals surface area contributed by atoms with E-state index in [0.29, 0.717) is 6.08 Å². The lowest BCUT2D eigenvalue weighted by atomic mass is 10.1. The van der Waals surface area contributed by atoms with Crippen LogP contribution in [0.4, 0.5) is 13.2 Å². The number of halogens is 3. The van der Waals surface area contributed by atoms with Crippen molar-refractivity contribution in [2.24, 2.45) is 0 Å². The molecule has 0 amide bonds. The Hall–Kier alpha value is -1.77. The van der Waals surface area contributed by atoms with Crippen LogP contribution in [-0.4, -0.2) is 0 Å². The van der Waals surface area contributed by atoms with Gasteiger partial charge in [0.1, 0.15) is 5.83 Å². The summed E-state index contributed by atoms with van der Waals surface area (Å²) in [5.74, 6) is -3.07. The van der Waals surface area contributed by atoms with Gasteiger partial charge in [-0.25, -0.2) is 13.2 Å². The van der Waals surface area contributed by atoms with Crippen LogP contribution in [0.15, 0.2) is 73.2 Å². The quantitative estimate of drug-likeness (QED) is 0.589. The van der Waals surface area contributed by atoms with Crippen LogP contribution in [-0.2, 0) is 0 Å². The summed E-state index contributed by atoms with van der Waals surface area (Å²) in [6, 6.07) is 0. The van der Waals surface area contributed by atoms with Crippen molar-refractivity contribution in [3.05, 3.63) is 73.2 Å². The van der Waals surface area contributed by atoms with Crippen LogP contribution in [0.3, 0.4) is 0 Å². The van der Waals surface area contributed by atoms with E-state index in [9.17, 15) is 13.2 Å². The predicted molar refractivity (Wildman–Crippen MR) is 57.1 cm³/mol. The van der Waals surface area contributed by atoms with E-state index < -0.39 is 17.5 Å². The number of rotatable bonds is 5. The lowest BCUT2D eigenvalue weighted by Crippen LogP contribution is -1.87. The summed E-state index contributed by atoms with van der Waals surface area (Å²) in [7, 11) is 0. The first kappa shape index (κ1) is 13.2. The van der Waals surface area contributed by atoms with E-state index in [4.69, 9.17) is 0 Å². The highest BCUT2D eigenvalue weighted by Crippen LogP contribution is 2.24. The molecular weight excluding hydrogens is 201 g/mol. The SMILES string of the molecule is C=C/C(F)=C(/F)C(=C)C(=C)/C=C(/F)C=C. The molecule has 0 aromatic carbocycles. The second-order valence-corrected chi connectivity index (χ2v) is 2.60. The van der Waals surface area contributed by atoms with Crippen molar-refractivity contribution in [2.45, 2.75) is 0 Å². The van der Waals surface area contributed by atoms with Crippen LogP contribution in [0.5, 0.6) is 0 Å². The first-order chi connectivity index (χ1) is 6.93. The summed E-state index contributed by atoms with van der Waals surface area (Å²) in [6.45, 7) is 12.8. The lowest BCUT2D eigenvalue weighted by Gasteiger charge is -2.02. The van der Waals surface area contributed by atoms with E-state index in [0.717, 1.165) is 12.2 Å². The molecule has 15 heavy (non-hydrogen) atoms. The Balaban J connectivity index is 4.98. The third-order valence-electron chi connectivity index (χ3n) is 1.55. The monoisotopic (exact) mass is 212 g/mol. The maximum atomic E-state index is 13.1. The Bertz CT molecular complexity index is 370. The molecular formula is C12H11F3. The summed E-state index contributed by atoms with van der Waals surface area (Å²) in [6.07, 6.45) is 2.52. The topological polar surface area (TPSA) is 0 Å². The van der Waals surface area contributed by atoms with E-state index in [1.165, 1.54) is 0 Å². The van der Waals surface area contributed by atoms with Crippen LogP contribution in [0.1, 0.15) is 0 Å². The van der Waals surface area contributed by atoms with E-state index in [1.54, 1.807) is 0 Å². The zero-order valence-electron chi connectivity index (χ0n) is 8.19. The molecule has 0 bridgehead atoms. The molecule has 0 rings (SSSR count). The fourth-order valence-corrected chi connectivity index (χ4v) is 0.687. The third kappa shape index (κ3) is 3.85. The van der Waals surface area contributed by atoms with E-state index in [1.807, 2.05) is 0 Å². The molecule has 0 atom stereocenters. The third-order valence-corrected chi connectivity index (χ3v) is 1.55. The zero-order valence-corrected chi connectivity index (χ0v) is 8.19. The fraction of sp³-hybridized carbons (Fsp3) is 0. The molecule has 0 N–H and O–H groups in total. The Labute approximate surface area is 87.1 Å². The average Bonchev–Trinajstić information content (AvgIpc) is 2.25. The van der Waals surface area contributed by atoms with Gasteiger partial charge in [-0.1, -0.05) is 26.3 Å². The van der Waals surface area contributed by atoms with Gasteiger partial charge in [0.05, 0.1) is 0 Å². The van der Waals surface area contributed by atoms with Gasteiger partial charge < -0.3 is 0 Å². The zero-order chi connectivity index (χ0) is 12.0. The Kier molecular flexibility index (Phi) is 5.16. The van der Waals surface area contributed by atoms with Crippen LogP contribution < -0.4 is 0 Å². The molecule has 0 unspecified atom stereocenters. The minimum Gasteiger partial charge on any atom is -0.207 e. The van der Waals surface area contributed by atoms with Crippen molar-refractivity contribution in [3.8, 4) is 0 Å². The highest BCUT2D eigenvalue weighted by molar-refractivity contribution is 5.49. The second kappa shape index (κ2) is 5.86. The Morgan fingerprint density at radius 3 is 1.87 bits per heavy atom. The van der Waals surface area contributed by atoms with Gasteiger partial charge in [0.25, 0.3) is 0 Å². The largest absolute Gasteiger partial charge is 0.207 e. The van der Waals surface area contributed by atoms with Crippen LogP contribution >= 0.6 is 0 Å². The average molecular weight is 212 g/mol. The number of hydrogen-bond acceptors (Lipinski definition) is 0. The Morgan fingerprint density at radius 1 is 0.933 bits per heavy atom. The summed E-state index contributed by atoms with van der Waals surface area (Å²) in [5.41, 5.74) is -0.397. The van der Waals surface area contributed by atoms with E-state index in [2.05, 4.69) is 26.3 Å². The van der Waals surface area contributed by atoms with Gasteiger partial charge in [-0.05, 0) is 23.8 Å². The smallest absolute Gasteiger partial charge is 0.165 e. The van der Waals surface area contributed by atoms with Crippen LogP contribution in [0, 0.1) is 0 Å². The first-order valence-corrected chi connectivity index (χ1v) is 4.00. The molecule has 0 aliphatic carbocycles. The van der Waals surface area contributed by atoms with Gasteiger partial charge in [-0.3, -0.25) is 0 Å².